The zero-order chi connectivity index (χ0) is 18.7. The predicted molar refractivity (Wildman–Crippen MR) is 103 cm³/mol. The molecule has 26 heavy (non-hydrogen) atoms. The van der Waals surface area contributed by atoms with Gasteiger partial charge in [0, 0.05) is 9.75 Å². The summed E-state index contributed by atoms with van der Waals surface area (Å²) >= 11 is 2.86. The minimum Gasteiger partial charge on any atom is -0.451 e. The molecule has 5 nitrogen and oxygen atoms in total. The van der Waals surface area contributed by atoms with Crippen molar-refractivity contribution in [3.8, 4) is 6.07 Å². The molecule has 0 atom stereocenters. The normalized spacial score (nSPS) is 13.0. The lowest BCUT2D eigenvalue weighted by molar-refractivity contribution is -0.119. The first-order valence-corrected chi connectivity index (χ1v) is 10.3. The number of aryl methyl sites for hydroxylation is 3. The molecular weight excluding hydrogens is 368 g/mol. The van der Waals surface area contributed by atoms with Gasteiger partial charge in [0.1, 0.15) is 15.9 Å². The third-order valence-corrected chi connectivity index (χ3v) is 6.98. The predicted octanol–water partition coefficient (Wildman–Crippen LogP) is 4.23. The molecule has 2 aromatic heterocycles. The topological polar surface area (TPSA) is 79.2 Å². The van der Waals surface area contributed by atoms with Gasteiger partial charge in [0.2, 0.25) is 0 Å². The number of thiophene rings is 2. The first-order chi connectivity index (χ1) is 12.5. The van der Waals surface area contributed by atoms with Crippen molar-refractivity contribution in [2.75, 3.05) is 11.9 Å². The third-order valence-electron chi connectivity index (χ3n) is 4.41. The Morgan fingerprint density at radius 2 is 2.08 bits per heavy atom. The van der Waals surface area contributed by atoms with Crippen molar-refractivity contribution in [3.05, 3.63) is 37.4 Å². The summed E-state index contributed by atoms with van der Waals surface area (Å²) in [7, 11) is 0. The Morgan fingerprint density at radius 1 is 1.31 bits per heavy atom. The van der Waals surface area contributed by atoms with Crippen molar-refractivity contribution in [1.29, 1.82) is 5.26 Å². The van der Waals surface area contributed by atoms with Crippen LogP contribution in [0.25, 0.3) is 0 Å². The number of carbonyl (C=O) groups excluding carboxylic acids is 2. The SMILES string of the molecule is CCc1sc(C(=O)OCC(=O)Nc2sc3c(c2C#N)CCCC3)cc1C. The molecule has 1 amide bonds. The van der Waals surface area contributed by atoms with Crippen LogP contribution in [0.2, 0.25) is 0 Å². The molecule has 0 radical (unpaired) electrons. The summed E-state index contributed by atoms with van der Waals surface area (Å²) in [5.41, 5.74) is 2.69. The van der Waals surface area contributed by atoms with Gasteiger partial charge in [0.15, 0.2) is 6.61 Å². The van der Waals surface area contributed by atoms with E-state index in [1.807, 2.05) is 13.8 Å². The van der Waals surface area contributed by atoms with Crippen LogP contribution in [0, 0.1) is 18.3 Å². The van der Waals surface area contributed by atoms with Crippen molar-refractivity contribution < 1.29 is 14.3 Å². The van der Waals surface area contributed by atoms with E-state index in [2.05, 4.69) is 11.4 Å². The van der Waals surface area contributed by atoms with Gasteiger partial charge in [-0.2, -0.15) is 5.26 Å². The molecule has 2 heterocycles. The minimum atomic E-state index is -0.487. The maximum Gasteiger partial charge on any atom is 0.348 e. The molecule has 0 spiro atoms. The van der Waals surface area contributed by atoms with Crippen molar-refractivity contribution >= 4 is 39.6 Å². The lowest BCUT2D eigenvalue weighted by Crippen LogP contribution is -2.20. The van der Waals surface area contributed by atoms with Crippen molar-refractivity contribution in [2.45, 2.75) is 46.0 Å². The third kappa shape index (κ3) is 3.81. The monoisotopic (exact) mass is 388 g/mol. The number of nitrogens with one attached hydrogen (secondary N) is 1. The average Bonchev–Trinajstić information content (AvgIpc) is 3.19. The average molecular weight is 389 g/mol. The molecule has 0 aromatic carbocycles. The molecule has 0 saturated carbocycles. The summed E-state index contributed by atoms with van der Waals surface area (Å²) in [6.45, 7) is 3.64. The highest BCUT2D eigenvalue weighted by atomic mass is 32.1. The number of carbonyl (C=O) groups is 2. The summed E-state index contributed by atoms with van der Waals surface area (Å²) in [5, 5.41) is 12.7. The van der Waals surface area contributed by atoms with E-state index in [9.17, 15) is 14.9 Å². The Kier molecular flexibility index (Phi) is 5.74. The van der Waals surface area contributed by atoms with Crippen molar-refractivity contribution in [3.63, 3.8) is 0 Å². The van der Waals surface area contributed by atoms with E-state index in [0.29, 0.717) is 15.4 Å². The Labute approximate surface area is 160 Å². The highest BCUT2D eigenvalue weighted by molar-refractivity contribution is 7.16. The van der Waals surface area contributed by atoms with Crippen molar-refractivity contribution in [1.82, 2.24) is 0 Å². The number of hydrogen-bond acceptors (Lipinski definition) is 6. The Morgan fingerprint density at radius 3 is 2.77 bits per heavy atom. The largest absolute Gasteiger partial charge is 0.451 e. The van der Waals surface area contributed by atoms with E-state index < -0.39 is 11.9 Å². The van der Waals surface area contributed by atoms with Gasteiger partial charge in [-0.15, -0.1) is 22.7 Å². The van der Waals surface area contributed by atoms with Crippen LogP contribution in [0.5, 0.6) is 0 Å². The van der Waals surface area contributed by atoms with Gasteiger partial charge in [-0.1, -0.05) is 6.92 Å². The Balaban J connectivity index is 1.62. The van der Waals surface area contributed by atoms with Crippen LogP contribution < -0.4 is 5.32 Å². The minimum absolute atomic E-state index is 0.356. The van der Waals surface area contributed by atoms with Crippen molar-refractivity contribution in [2.24, 2.45) is 0 Å². The van der Waals surface area contributed by atoms with E-state index in [1.54, 1.807) is 6.07 Å². The first-order valence-electron chi connectivity index (χ1n) is 8.64. The maximum absolute atomic E-state index is 12.2. The van der Waals surface area contributed by atoms with E-state index in [4.69, 9.17) is 4.74 Å². The number of esters is 1. The van der Waals surface area contributed by atoms with Gasteiger partial charge < -0.3 is 10.1 Å². The van der Waals surface area contributed by atoms with E-state index in [-0.39, 0.29) is 6.61 Å². The zero-order valence-electron chi connectivity index (χ0n) is 14.8. The van der Waals surface area contributed by atoms with Gasteiger partial charge in [-0.3, -0.25) is 4.79 Å². The number of nitrogens with zero attached hydrogens (tertiary/aromatic N) is 1. The standard InChI is InChI=1S/C19H20N2O3S2/c1-3-14-11(2)8-16(25-14)19(23)24-10-17(22)21-18-13(9-20)12-6-4-5-7-15(12)26-18/h8H,3-7,10H2,1-2H3,(H,21,22). The highest BCUT2D eigenvalue weighted by Gasteiger charge is 2.22. The van der Waals surface area contributed by atoms with Crippen LogP contribution in [0.3, 0.4) is 0 Å². The molecule has 0 fully saturated rings. The second-order valence-electron chi connectivity index (χ2n) is 6.22. The maximum atomic E-state index is 12.2. The number of ether oxygens (including phenoxy) is 1. The number of anilines is 1. The lowest BCUT2D eigenvalue weighted by Gasteiger charge is -2.09. The summed E-state index contributed by atoms with van der Waals surface area (Å²) < 4.78 is 5.13. The molecule has 136 valence electrons. The summed E-state index contributed by atoms with van der Waals surface area (Å²) in [5.74, 6) is -0.906. The van der Waals surface area contributed by atoms with Gasteiger partial charge in [0.25, 0.3) is 5.91 Å². The highest BCUT2D eigenvalue weighted by Crippen LogP contribution is 2.37. The van der Waals surface area contributed by atoms with Gasteiger partial charge in [-0.25, -0.2) is 4.79 Å². The van der Waals surface area contributed by atoms with Crippen LogP contribution in [0.4, 0.5) is 5.00 Å². The van der Waals surface area contributed by atoms with E-state index in [0.717, 1.165) is 48.1 Å². The van der Waals surface area contributed by atoms with Crippen LogP contribution in [0.1, 0.15) is 55.9 Å². The molecule has 0 bridgehead atoms. The number of fused-ring (bicyclic) bond motifs is 1. The molecule has 1 aliphatic carbocycles. The molecule has 0 saturated heterocycles. The lowest BCUT2D eigenvalue weighted by atomic mass is 9.96. The smallest absolute Gasteiger partial charge is 0.348 e. The van der Waals surface area contributed by atoms with E-state index >= 15 is 0 Å². The fraction of sp³-hybridized carbons (Fsp3) is 0.421. The number of hydrogen-bond donors (Lipinski definition) is 1. The molecule has 1 N–H and O–H groups in total. The van der Waals surface area contributed by atoms with Crippen LogP contribution in [0.15, 0.2) is 6.07 Å². The second kappa shape index (κ2) is 8.02. The quantitative estimate of drug-likeness (QED) is 0.778. The zero-order valence-corrected chi connectivity index (χ0v) is 16.4. The summed E-state index contributed by atoms with van der Waals surface area (Å²) in [4.78, 5) is 27.1. The molecule has 3 rings (SSSR count). The number of rotatable bonds is 5. The summed E-state index contributed by atoms with van der Waals surface area (Å²) in [6.07, 6.45) is 4.89. The Bertz CT molecular complexity index is 889. The second-order valence-corrected chi connectivity index (χ2v) is 8.46. The molecule has 7 heteroatoms. The molecule has 2 aromatic rings. The molecule has 0 unspecified atom stereocenters. The first kappa shape index (κ1) is 18.6. The van der Waals surface area contributed by atoms with Crippen LogP contribution in [-0.4, -0.2) is 18.5 Å². The number of amides is 1. The van der Waals surface area contributed by atoms with Gasteiger partial charge in [-0.05, 0) is 56.2 Å². The summed E-state index contributed by atoms with van der Waals surface area (Å²) in [6, 6.07) is 4.00. The number of nitriles is 1. The fourth-order valence-corrected chi connectivity index (χ4v) is 5.37. The molecular formula is C19H20N2O3S2. The van der Waals surface area contributed by atoms with Crippen LogP contribution >= 0.6 is 22.7 Å². The van der Waals surface area contributed by atoms with Crippen LogP contribution in [-0.2, 0) is 28.8 Å². The molecule has 1 aliphatic rings. The molecule has 0 aliphatic heterocycles. The Hall–Kier alpha value is -2.17. The fourth-order valence-electron chi connectivity index (χ4n) is 3.11. The van der Waals surface area contributed by atoms with Gasteiger partial charge >= 0.3 is 5.97 Å². The van der Waals surface area contributed by atoms with Gasteiger partial charge in [0.05, 0.1) is 5.56 Å². The van der Waals surface area contributed by atoms with E-state index in [1.165, 1.54) is 27.6 Å².